The number of benzene rings is 3. The Kier molecular flexibility index (Phi) is 4.90. The Morgan fingerprint density at radius 3 is 1.97 bits per heavy atom. The fourth-order valence-corrected chi connectivity index (χ4v) is 6.97. The molecule has 2 aliphatic heterocycles. The van der Waals surface area contributed by atoms with Gasteiger partial charge in [0, 0.05) is 23.1 Å². The average molecular weight is 502 g/mol. The van der Waals surface area contributed by atoms with Crippen LogP contribution >= 0.6 is 12.2 Å². The van der Waals surface area contributed by atoms with Crippen LogP contribution in [-0.4, -0.2) is 21.2 Å². The van der Waals surface area contributed by atoms with Crippen molar-refractivity contribution in [2.24, 2.45) is 22.4 Å². The van der Waals surface area contributed by atoms with E-state index in [0.29, 0.717) is 0 Å². The molecule has 1 aliphatic carbocycles. The van der Waals surface area contributed by atoms with Gasteiger partial charge in [0.1, 0.15) is 17.1 Å². The van der Waals surface area contributed by atoms with Crippen LogP contribution in [0.3, 0.4) is 0 Å². The number of nitriles is 2. The van der Waals surface area contributed by atoms with Crippen LogP contribution in [0.1, 0.15) is 36.1 Å². The molecule has 1 unspecified atom stereocenters. The molecule has 0 aromatic heterocycles. The second-order valence-electron chi connectivity index (χ2n) is 10.9. The fraction of sp³-hybridized carbons (Fsp3) is 0.290. The van der Waals surface area contributed by atoms with E-state index in [4.69, 9.17) is 17.3 Å². The molecule has 0 radical (unpaired) electrons. The van der Waals surface area contributed by atoms with Crippen LogP contribution in [0, 0.1) is 53.8 Å². The third kappa shape index (κ3) is 2.88. The molecule has 37 heavy (non-hydrogen) atoms. The van der Waals surface area contributed by atoms with Crippen molar-refractivity contribution in [2.45, 2.75) is 38.9 Å². The van der Waals surface area contributed by atoms with E-state index < -0.39 is 11.2 Å². The maximum atomic E-state index is 10.6. The summed E-state index contributed by atoms with van der Waals surface area (Å²) in [6, 6.07) is 31.2. The summed E-state index contributed by atoms with van der Waals surface area (Å²) in [5.74, 6) is 0.146. The Balaban J connectivity index is 1.72. The summed E-state index contributed by atoms with van der Waals surface area (Å²) in [4.78, 5) is 2.31. The molecule has 0 spiro atoms. The number of hydrogen-bond donors (Lipinski definition) is 0. The first-order valence-electron chi connectivity index (χ1n) is 12.5. The molecule has 1 saturated carbocycles. The molecule has 182 valence electrons. The van der Waals surface area contributed by atoms with E-state index in [2.05, 4.69) is 88.4 Å². The third-order valence-corrected chi connectivity index (χ3v) is 8.90. The predicted molar refractivity (Wildman–Crippen MR) is 149 cm³/mol. The molecule has 0 amide bonds. The number of para-hydroxylation sites is 1. The van der Waals surface area contributed by atoms with E-state index in [1.807, 2.05) is 35.2 Å². The normalized spacial score (nSPS) is 26.4. The minimum Gasteiger partial charge on any atom is -0.303 e. The van der Waals surface area contributed by atoms with E-state index in [1.165, 1.54) is 5.56 Å². The average Bonchev–Trinajstić information content (AvgIpc) is 3.41. The number of nitrogens with zero attached hydrogens (tertiary/aromatic N) is 5. The van der Waals surface area contributed by atoms with Crippen molar-refractivity contribution < 1.29 is 0 Å². The highest BCUT2D eigenvalue weighted by atomic mass is 32.1. The van der Waals surface area contributed by atoms with Crippen molar-refractivity contribution in [2.75, 3.05) is 4.90 Å². The number of rotatable bonds is 3. The van der Waals surface area contributed by atoms with Gasteiger partial charge in [-0.15, -0.1) is 0 Å². The third-order valence-electron chi connectivity index (χ3n) is 8.42. The molecule has 3 aliphatic rings. The van der Waals surface area contributed by atoms with Crippen LogP contribution in [0.2, 0.25) is 0 Å². The van der Waals surface area contributed by atoms with Crippen LogP contribution in [0.4, 0.5) is 5.69 Å². The summed E-state index contributed by atoms with van der Waals surface area (Å²) >= 11 is 6.06. The molecule has 0 bridgehead atoms. The van der Waals surface area contributed by atoms with Crippen molar-refractivity contribution in [3.05, 3.63) is 101 Å². The smallest absolute Gasteiger partial charge is 0.282 e. The Labute approximate surface area is 223 Å². The zero-order chi connectivity index (χ0) is 26.2. The summed E-state index contributed by atoms with van der Waals surface area (Å²) in [7, 11) is 0. The molecule has 6 heteroatoms. The fourth-order valence-electron chi connectivity index (χ4n) is 6.55. The zero-order valence-corrected chi connectivity index (χ0v) is 22.1. The minimum atomic E-state index is -1.74. The van der Waals surface area contributed by atoms with Gasteiger partial charge in [-0.05, 0) is 37.0 Å². The van der Waals surface area contributed by atoms with E-state index in [-0.39, 0.29) is 22.2 Å². The molecule has 2 heterocycles. The van der Waals surface area contributed by atoms with Crippen molar-refractivity contribution in [3.63, 3.8) is 0 Å². The van der Waals surface area contributed by atoms with E-state index >= 15 is 0 Å². The van der Waals surface area contributed by atoms with Gasteiger partial charge < -0.3 is 4.90 Å². The van der Waals surface area contributed by atoms with E-state index in [9.17, 15) is 10.5 Å². The number of hydrogen-bond acceptors (Lipinski definition) is 5. The molecule has 0 N–H and O–H groups in total. The predicted octanol–water partition coefficient (Wildman–Crippen LogP) is 6.08. The number of anilines is 1. The first-order chi connectivity index (χ1) is 17.7. The van der Waals surface area contributed by atoms with Gasteiger partial charge in [-0.2, -0.15) is 15.6 Å². The van der Waals surface area contributed by atoms with Gasteiger partial charge in [-0.1, -0.05) is 104 Å². The molecule has 5 nitrogen and oxygen atoms in total. The Morgan fingerprint density at radius 2 is 1.41 bits per heavy atom. The zero-order valence-electron chi connectivity index (χ0n) is 21.3. The lowest BCUT2D eigenvalue weighted by molar-refractivity contribution is 0.0571. The van der Waals surface area contributed by atoms with E-state index in [0.717, 1.165) is 28.1 Å². The summed E-state index contributed by atoms with van der Waals surface area (Å²) in [5.41, 5.74) is 3.22. The topological polar surface area (TPSA) is 66.4 Å². The van der Waals surface area contributed by atoms with Gasteiger partial charge in [-0.25, -0.2) is 5.01 Å². The molecule has 3 aromatic carbocycles. The quantitative estimate of drug-likeness (QED) is 0.407. The van der Waals surface area contributed by atoms with Gasteiger partial charge in [0.05, 0.1) is 5.71 Å². The largest absolute Gasteiger partial charge is 0.303 e. The van der Waals surface area contributed by atoms with Gasteiger partial charge in [0.15, 0.2) is 5.66 Å². The molecular weight excluding hydrogens is 474 g/mol. The second kappa shape index (κ2) is 7.75. The molecule has 3 aromatic rings. The van der Waals surface area contributed by atoms with Crippen molar-refractivity contribution in [3.8, 4) is 12.1 Å². The van der Waals surface area contributed by atoms with Gasteiger partial charge >= 0.3 is 0 Å². The van der Waals surface area contributed by atoms with Gasteiger partial charge in [-0.3, -0.25) is 0 Å². The Morgan fingerprint density at radius 1 is 0.838 bits per heavy atom. The second-order valence-corrected chi connectivity index (χ2v) is 11.3. The lowest BCUT2D eigenvalue weighted by atomic mass is 9.85. The number of thiocarbonyl (C=S) groups is 1. The molecule has 2 fully saturated rings. The van der Waals surface area contributed by atoms with Crippen LogP contribution in [0.5, 0.6) is 0 Å². The van der Waals surface area contributed by atoms with Crippen LogP contribution in [-0.2, 0) is 5.66 Å². The number of aryl methyl sites for hydroxylation is 2. The monoisotopic (exact) mass is 501 g/mol. The highest BCUT2D eigenvalue weighted by molar-refractivity contribution is 7.81. The Hall–Kier alpha value is -4.00. The van der Waals surface area contributed by atoms with Crippen LogP contribution < -0.4 is 4.90 Å². The first-order valence-corrected chi connectivity index (χ1v) is 12.9. The minimum absolute atomic E-state index is 0.0261. The lowest BCUT2D eigenvalue weighted by Gasteiger charge is -2.47. The summed E-state index contributed by atoms with van der Waals surface area (Å²) < 4.78 is 0. The molecular formula is C31H27N5S. The van der Waals surface area contributed by atoms with Gasteiger partial charge in [0.2, 0.25) is 0 Å². The SMILES string of the molecule is Cc1ccc(C2=NN3C(C#N)(C#N)C(=S)N(c4ccccc4)C3(c3ccc(C)cc3)[C@H]3[C@@H]2C3(C)C)cc1. The highest BCUT2D eigenvalue weighted by Crippen LogP contribution is 2.73. The van der Waals surface area contributed by atoms with Gasteiger partial charge in [0.25, 0.3) is 5.54 Å². The summed E-state index contributed by atoms with van der Waals surface area (Å²) in [6.07, 6.45) is 0. The van der Waals surface area contributed by atoms with E-state index in [1.54, 1.807) is 5.01 Å². The lowest BCUT2D eigenvalue weighted by Crippen LogP contribution is -2.57. The number of fused-ring (bicyclic) bond motifs is 3. The highest BCUT2D eigenvalue weighted by Gasteiger charge is 2.81. The maximum Gasteiger partial charge on any atom is 0.282 e. The molecule has 1 saturated heterocycles. The maximum absolute atomic E-state index is 10.6. The summed E-state index contributed by atoms with van der Waals surface area (Å²) in [5, 5.41) is 28.2. The molecule has 3 atom stereocenters. The molecule has 6 rings (SSSR count). The number of hydrazone groups is 1. The van der Waals surface area contributed by atoms with Crippen molar-refractivity contribution >= 4 is 28.6 Å². The first kappa shape index (κ1) is 23.4. The standard InChI is InChI=1S/C31H27N5S/c1-20-10-14-22(15-11-20)26-25-27(29(25,3)4)31(23-16-12-21(2)13-17-23)35(24-8-6-5-7-9-24)28(37)30(18-32,19-33)36(31)34-26/h5-17,25,27H,1-4H3/t25-,27+,31?/m1/s1. The van der Waals surface area contributed by atoms with Crippen molar-refractivity contribution in [1.29, 1.82) is 10.5 Å². The summed E-state index contributed by atoms with van der Waals surface area (Å²) in [6.45, 7) is 8.64. The van der Waals surface area contributed by atoms with Crippen LogP contribution in [0.25, 0.3) is 0 Å². The van der Waals surface area contributed by atoms with Crippen molar-refractivity contribution in [1.82, 2.24) is 5.01 Å². The Bertz CT molecular complexity index is 1510. The van der Waals surface area contributed by atoms with Crippen LogP contribution in [0.15, 0.2) is 84.0 Å².